The van der Waals surface area contributed by atoms with Gasteiger partial charge in [0.25, 0.3) is 0 Å². The summed E-state index contributed by atoms with van der Waals surface area (Å²) in [5, 5.41) is 11.4. The van der Waals surface area contributed by atoms with E-state index in [1.165, 1.54) is 0 Å². The van der Waals surface area contributed by atoms with Crippen LogP contribution in [0.3, 0.4) is 0 Å². The van der Waals surface area contributed by atoms with Crippen molar-refractivity contribution in [3.8, 4) is 0 Å². The maximum atomic E-state index is 15.1. The minimum Gasteiger partial charge on any atom is -0.443 e. The molecule has 2 aromatic carbocycles. The van der Waals surface area contributed by atoms with E-state index < -0.39 is 36.4 Å². The third-order valence-electron chi connectivity index (χ3n) is 5.20. The fourth-order valence-corrected chi connectivity index (χ4v) is 3.73. The molecule has 0 bridgehead atoms. The second-order valence-corrected chi connectivity index (χ2v) is 7.01. The van der Waals surface area contributed by atoms with Gasteiger partial charge in [-0.3, -0.25) is 4.84 Å². The molecule has 1 saturated carbocycles. The van der Waals surface area contributed by atoms with E-state index in [-0.39, 0.29) is 19.8 Å². The van der Waals surface area contributed by atoms with E-state index in [2.05, 4.69) is 0 Å². The molecule has 0 unspecified atom stereocenters. The Balaban J connectivity index is 1.37. The molecule has 1 N–H and O–H groups in total. The number of aliphatic hydroxyl groups excluding tert-OH is 1. The number of benzene rings is 2. The first kappa shape index (κ1) is 18.9. The maximum absolute atomic E-state index is 15.1. The second-order valence-electron chi connectivity index (χ2n) is 7.01. The van der Waals surface area contributed by atoms with E-state index in [0.29, 0.717) is 0 Å². The van der Waals surface area contributed by atoms with Gasteiger partial charge in [0.05, 0.1) is 19.3 Å². The summed E-state index contributed by atoms with van der Waals surface area (Å²) in [6, 6.07) is 17.6. The molecule has 2 aromatic rings. The number of halogens is 1. The summed E-state index contributed by atoms with van der Waals surface area (Å²) in [6.45, 7) is 0.282. The van der Waals surface area contributed by atoms with Crippen molar-refractivity contribution in [3.05, 3.63) is 71.8 Å². The van der Waals surface area contributed by atoms with Gasteiger partial charge in [-0.05, 0) is 11.1 Å². The topological polar surface area (TPSA) is 68.2 Å². The Morgan fingerprint density at radius 3 is 2.32 bits per heavy atom. The molecule has 0 spiro atoms. The summed E-state index contributed by atoms with van der Waals surface area (Å²) < 4.78 is 25.9. The number of amides is 1. The van der Waals surface area contributed by atoms with Crippen LogP contribution in [0.2, 0.25) is 0 Å². The third kappa shape index (κ3) is 3.73. The van der Waals surface area contributed by atoms with Crippen molar-refractivity contribution >= 4 is 6.09 Å². The number of alkyl halides is 1. The number of carbonyl (C=O) groups is 1. The van der Waals surface area contributed by atoms with E-state index in [4.69, 9.17) is 14.3 Å². The van der Waals surface area contributed by atoms with Crippen molar-refractivity contribution in [2.75, 3.05) is 6.61 Å². The molecular weight excluding hydrogens is 365 g/mol. The summed E-state index contributed by atoms with van der Waals surface area (Å²) in [6.07, 6.45) is -4.43. The summed E-state index contributed by atoms with van der Waals surface area (Å²) in [4.78, 5) is 17.7. The van der Waals surface area contributed by atoms with Crippen molar-refractivity contribution in [1.82, 2.24) is 5.06 Å². The Bertz CT molecular complexity index is 790. The van der Waals surface area contributed by atoms with Gasteiger partial charge in [0, 0.05) is 5.92 Å². The first-order valence-corrected chi connectivity index (χ1v) is 9.25. The maximum Gasteiger partial charge on any atom is 0.434 e. The number of rotatable bonds is 5. The molecule has 0 aromatic heterocycles. The largest absolute Gasteiger partial charge is 0.443 e. The van der Waals surface area contributed by atoms with Gasteiger partial charge in [-0.15, -0.1) is 0 Å². The molecule has 7 heteroatoms. The van der Waals surface area contributed by atoms with Crippen LogP contribution in [-0.4, -0.2) is 47.3 Å². The fourth-order valence-electron chi connectivity index (χ4n) is 3.73. The molecule has 1 amide bonds. The van der Waals surface area contributed by atoms with E-state index in [9.17, 15) is 9.90 Å². The van der Waals surface area contributed by atoms with Gasteiger partial charge in [0.15, 0.2) is 6.17 Å². The molecular formula is C21H22FNO5. The fraction of sp³-hybridized carbons (Fsp3) is 0.381. The number of fused-ring (bicyclic) bond motifs is 1. The van der Waals surface area contributed by atoms with Crippen molar-refractivity contribution in [2.24, 2.45) is 5.92 Å². The van der Waals surface area contributed by atoms with E-state index in [0.717, 1.165) is 16.2 Å². The molecule has 1 aliphatic heterocycles. The molecule has 1 heterocycles. The molecule has 1 saturated heterocycles. The summed E-state index contributed by atoms with van der Waals surface area (Å²) in [7, 11) is 0. The number of carbonyl (C=O) groups excluding carboxylic acids is 1. The normalized spacial score (nSPS) is 28.9. The zero-order valence-electron chi connectivity index (χ0n) is 15.2. The highest BCUT2D eigenvalue weighted by Gasteiger charge is 2.59. The molecule has 1 aliphatic carbocycles. The average molecular weight is 387 g/mol. The van der Waals surface area contributed by atoms with Crippen molar-refractivity contribution in [1.29, 1.82) is 0 Å². The number of nitrogens with zero attached hydrogens (tertiary/aromatic N) is 1. The smallest absolute Gasteiger partial charge is 0.434 e. The lowest BCUT2D eigenvalue weighted by Crippen LogP contribution is -2.43. The lowest BCUT2D eigenvalue weighted by atomic mass is 10.0. The Morgan fingerprint density at radius 1 is 1.07 bits per heavy atom. The first-order valence-electron chi connectivity index (χ1n) is 9.25. The Labute approximate surface area is 162 Å². The molecule has 2 aliphatic rings. The Hall–Kier alpha value is -2.48. The van der Waals surface area contributed by atoms with Crippen LogP contribution in [0.25, 0.3) is 0 Å². The second kappa shape index (κ2) is 8.26. The summed E-state index contributed by atoms with van der Waals surface area (Å²) >= 11 is 0. The van der Waals surface area contributed by atoms with Crippen LogP contribution in [0, 0.1) is 5.92 Å². The van der Waals surface area contributed by atoms with Crippen molar-refractivity contribution in [2.45, 2.75) is 37.6 Å². The van der Waals surface area contributed by atoms with Crippen LogP contribution < -0.4 is 0 Å². The summed E-state index contributed by atoms with van der Waals surface area (Å²) in [5.41, 5.74) is 1.70. The predicted octanol–water partition coefficient (Wildman–Crippen LogP) is 2.85. The number of hydroxylamine groups is 2. The Kier molecular flexibility index (Phi) is 5.57. The van der Waals surface area contributed by atoms with Gasteiger partial charge in [-0.25, -0.2) is 9.18 Å². The molecule has 6 nitrogen and oxygen atoms in total. The van der Waals surface area contributed by atoms with Gasteiger partial charge in [0.2, 0.25) is 0 Å². The number of aliphatic hydroxyl groups is 1. The predicted molar refractivity (Wildman–Crippen MR) is 97.6 cm³/mol. The van der Waals surface area contributed by atoms with Gasteiger partial charge in [-0.1, -0.05) is 60.7 Å². The van der Waals surface area contributed by atoms with Crippen LogP contribution >= 0.6 is 0 Å². The molecule has 5 atom stereocenters. The van der Waals surface area contributed by atoms with Crippen LogP contribution in [0.5, 0.6) is 0 Å². The van der Waals surface area contributed by atoms with E-state index in [1.807, 2.05) is 60.7 Å². The highest BCUT2D eigenvalue weighted by atomic mass is 19.1. The van der Waals surface area contributed by atoms with Gasteiger partial charge < -0.3 is 14.6 Å². The van der Waals surface area contributed by atoms with Crippen LogP contribution in [0.1, 0.15) is 11.1 Å². The lowest BCUT2D eigenvalue weighted by molar-refractivity contribution is -0.143. The number of hydrogen-bond donors (Lipinski definition) is 1. The van der Waals surface area contributed by atoms with E-state index >= 15 is 4.39 Å². The van der Waals surface area contributed by atoms with Crippen molar-refractivity contribution < 1.29 is 28.6 Å². The standard InChI is InChI=1S/C21H22FNO5/c22-17-18-16(19(24)20(17)26-11-14-7-3-1-4-8-14)13-28-23(18)21(25)27-12-15-9-5-2-6-10-15/h1-10,16-20,24H,11-13H2/t16-,17-,18+,19+,20+/m0/s1. The minimum absolute atomic E-state index is 0.0396. The third-order valence-corrected chi connectivity index (χ3v) is 5.20. The van der Waals surface area contributed by atoms with Gasteiger partial charge in [-0.2, -0.15) is 5.06 Å². The zero-order chi connectivity index (χ0) is 19.5. The van der Waals surface area contributed by atoms with E-state index in [1.54, 1.807) is 0 Å². The monoisotopic (exact) mass is 387 g/mol. The van der Waals surface area contributed by atoms with Crippen LogP contribution in [0.15, 0.2) is 60.7 Å². The molecule has 148 valence electrons. The SMILES string of the molecule is O=C(OCc1ccccc1)N1OC[C@@H]2[C@@H](O)[C@H](OCc3ccccc3)[C@@H](F)[C@@H]21. The molecule has 4 rings (SSSR count). The van der Waals surface area contributed by atoms with Gasteiger partial charge in [0.1, 0.15) is 18.8 Å². The molecule has 0 radical (unpaired) electrons. The average Bonchev–Trinajstić information content (AvgIpc) is 3.27. The zero-order valence-corrected chi connectivity index (χ0v) is 15.2. The first-order chi connectivity index (χ1) is 13.6. The minimum atomic E-state index is -1.57. The molecule has 2 fully saturated rings. The van der Waals surface area contributed by atoms with Gasteiger partial charge >= 0.3 is 6.09 Å². The highest BCUT2D eigenvalue weighted by molar-refractivity contribution is 5.67. The summed E-state index contributed by atoms with van der Waals surface area (Å²) in [5.74, 6) is -0.556. The van der Waals surface area contributed by atoms with Crippen LogP contribution in [-0.2, 0) is 27.5 Å². The number of ether oxygens (including phenoxy) is 2. The lowest BCUT2D eigenvalue weighted by Gasteiger charge is -2.24. The van der Waals surface area contributed by atoms with Crippen molar-refractivity contribution in [3.63, 3.8) is 0 Å². The molecule has 28 heavy (non-hydrogen) atoms. The quantitative estimate of drug-likeness (QED) is 0.855. The Morgan fingerprint density at radius 2 is 1.68 bits per heavy atom. The highest BCUT2D eigenvalue weighted by Crippen LogP contribution is 2.40. The van der Waals surface area contributed by atoms with Crippen LogP contribution in [0.4, 0.5) is 9.18 Å². The number of hydrogen-bond acceptors (Lipinski definition) is 5.